The Kier molecular flexibility index (Phi) is 6.27. The SMILES string of the molecule is O=Cc1cccc(C=O)c1.O=Cc1cccc(C=O)c1. The number of aldehydes is 4. The summed E-state index contributed by atoms with van der Waals surface area (Å²) in [5.41, 5.74) is 2.13. The summed E-state index contributed by atoms with van der Waals surface area (Å²) in [7, 11) is 0. The van der Waals surface area contributed by atoms with Crippen LogP contribution in [0.2, 0.25) is 0 Å². The summed E-state index contributed by atoms with van der Waals surface area (Å²) < 4.78 is 0. The van der Waals surface area contributed by atoms with Gasteiger partial charge in [-0.3, -0.25) is 19.2 Å². The molecule has 0 saturated heterocycles. The van der Waals surface area contributed by atoms with E-state index in [4.69, 9.17) is 0 Å². The molecule has 0 aliphatic heterocycles. The lowest BCUT2D eigenvalue weighted by Crippen LogP contribution is -1.82. The second kappa shape index (κ2) is 8.26. The van der Waals surface area contributed by atoms with Crippen LogP contribution in [-0.4, -0.2) is 25.1 Å². The van der Waals surface area contributed by atoms with Crippen molar-refractivity contribution in [3.63, 3.8) is 0 Å². The molecule has 100 valence electrons. The molecule has 0 spiro atoms. The van der Waals surface area contributed by atoms with Crippen LogP contribution in [0.25, 0.3) is 0 Å². The highest BCUT2D eigenvalue weighted by atomic mass is 16.1. The van der Waals surface area contributed by atoms with Crippen molar-refractivity contribution in [3.8, 4) is 0 Å². The van der Waals surface area contributed by atoms with Crippen LogP contribution in [-0.2, 0) is 0 Å². The van der Waals surface area contributed by atoms with Gasteiger partial charge in [0, 0.05) is 22.3 Å². The van der Waals surface area contributed by atoms with Gasteiger partial charge in [-0.2, -0.15) is 0 Å². The number of carbonyl (C=O) groups is 4. The van der Waals surface area contributed by atoms with Gasteiger partial charge in [0.15, 0.2) is 0 Å². The highest BCUT2D eigenvalue weighted by Gasteiger charge is 1.91. The van der Waals surface area contributed by atoms with Crippen molar-refractivity contribution in [2.75, 3.05) is 0 Å². The Hall–Kier alpha value is -2.88. The van der Waals surface area contributed by atoms with Crippen molar-refractivity contribution in [3.05, 3.63) is 70.8 Å². The maximum atomic E-state index is 10.2. The Bertz CT molecular complexity index is 515. The van der Waals surface area contributed by atoms with Crippen molar-refractivity contribution in [2.45, 2.75) is 0 Å². The van der Waals surface area contributed by atoms with E-state index in [2.05, 4.69) is 0 Å². The molecular formula is C16H12O4. The molecule has 0 fully saturated rings. The summed E-state index contributed by atoms with van der Waals surface area (Å²) in [5, 5.41) is 0. The molecule has 4 heteroatoms. The van der Waals surface area contributed by atoms with Gasteiger partial charge in [-0.05, 0) is 12.1 Å². The van der Waals surface area contributed by atoms with Crippen LogP contribution in [0, 0.1) is 0 Å². The predicted molar refractivity (Wildman–Crippen MR) is 74.4 cm³/mol. The van der Waals surface area contributed by atoms with Crippen LogP contribution in [0.1, 0.15) is 41.4 Å². The molecule has 0 N–H and O–H groups in total. The molecule has 0 heterocycles. The summed E-state index contributed by atoms with van der Waals surface area (Å²) in [5.74, 6) is 0. The van der Waals surface area contributed by atoms with Gasteiger partial charge >= 0.3 is 0 Å². The summed E-state index contributed by atoms with van der Waals surface area (Å²) >= 11 is 0. The summed E-state index contributed by atoms with van der Waals surface area (Å²) in [6, 6.07) is 13.0. The fourth-order valence-electron chi connectivity index (χ4n) is 1.41. The van der Waals surface area contributed by atoms with E-state index in [1.807, 2.05) is 0 Å². The van der Waals surface area contributed by atoms with E-state index in [0.717, 1.165) is 0 Å². The van der Waals surface area contributed by atoms with Crippen molar-refractivity contribution in [1.82, 2.24) is 0 Å². The first-order valence-corrected chi connectivity index (χ1v) is 5.74. The van der Waals surface area contributed by atoms with Gasteiger partial charge in [-0.1, -0.05) is 36.4 Å². The molecule has 0 bridgehead atoms. The van der Waals surface area contributed by atoms with Crippen LogP contribution < -0.4 is 0 Å². The molecule has 2 aromatic carbocycles. The van der Waals surface area contributed by atoms with E-state index >= 15 is 0 Å². The summed E-state index contributed by atoms with van der Waals surface area (Å²) in [6.07, 6.45) is 2.86. The molecule has 0 aliphatic rings. The Labute approximate surface area is 116 Å². The Morgan fingerprint density at radius 3 is 0.950 bits per heavy atom. The minimum Gasteiger partial charge on any atom is -0.298 e. The van der Waals surface area contributed by atoms with Gasteiger partial charge in [0.2, 0.25) is 0 Å². The average molecular weight is 268 g/mol. The minimum absolute atomic E-state index is 0.532. The lowest BCUT2D eigenvalue weighted by molar-refractivity contribution is 0.111. The third-order valence-electron chi connectivity index (χ3n) is 2.37. The van der Waals surface area contributed by atoms with Crippen molar-refractivity contribution in [2.24, 2.45) is 0 Å². The Morgan fingerprint density at radius 2 is 0.750 bits per heavy atom. The summed E-state index contributed by atoms with van der Waals surface area (Å²) in [4.78, 5) is 40.6. The second-order valence-electron chi connectivity index (χ2n) is 3.81. The molecule has 0 radical (unpaired) electrons. The molecule has 2 aromatic rings. The van der Waals surface area contributed by atoms with E-state index in [0.29, 0.717) is 47.4 Å². The molecule has 0 amide bonds. The minimum atomic E-state index is 0.532. The topological polar surface area (TPSA) is 68.3 Å². The predicted octanol–water partition coefficient (Wildman–Crippen LogP) is 2.62. The first-order chi connectivity index (χ1) is 9.73. The first kappa shape index (κ1) is 15.2. The largest absolute Gasteiger partial charge is 0.298 e. The second-order valence-corrected chi connectivity index (χ2v) is 3.81. The lowest BCUT2D eigenvalue weighted by atomic mass is 10.2. The molecule has 0 saturated carbocycles. The number of benzene rings is 2. The smallest absolute Gasteiger partial charge is 0.150 e. The van der Waals surface area contributed by atoms with Crippen molar-refractivity contribution >= 4 is 25.1 Å². The molecule has 0 unspecified atom stereocenters. The molecule has 0 atom stereocenters. The highest BCUT2D eigenvalue weighted by Crippen LogP contribution is 1.99. The van der Waals surface area contributed by atoms with Crippen LogP contribution in [0.3, 0.4) is 0 Å². The van der Waals surface area contributed by atoms with E-state index < -0.39 is 0 Å². The number of carbonyl (C=O) groups excluding carboxylic acids is 4. The molecular weight excluding hydrogens is 256 g/mol. The maximum absolute atomic E-state index is 10.2. The van der Waals surface area contributed by atoms with Crippen LogP contribution >= 0.6 is 0 Å². The number of hydrogen-bond acceptors (Lipinski definition) is 4. The number of hydrogen-bond donors (Lipinski definition) is 0. The van der Waals surface area contributed by atoms with E-state index in [1.165, 1.54) is 0 Å². The van der Waals surface area contributed by atoms with Crippen molar-refractivity contribution in [1.29, 1.82) is 0 Å². The summed E-state index contributed by atoms with van der Waals surface area (Å²) in [6.45, 7) is 0. The van der Waals surface area contributed by atoms with E-state index in [1.54, 1.807) is 48.5 Å². The van der Waals surface area contributed by atoms with E-state index in [-0.39, 0.29) is 0 Å². The van der Waals surface area contributed by atoms with Gasteiger partial charge in [0.1, 0.15) is 25.1 Å². The molecule has 4 nitrogen and oxygen atoms in total. The van der Waals surface area contributed by atoms with Gasteiger partial charge in [0.25, 0.3) is 0 Å². The fraction of sp³-hybridized carbons (Fsp3) is 0. The third-order valence-corrected chi connectivity index (χ3v) is 2.37. The zero-order valence-electron chi connectivity index (χ0n) is 10.6. The fourth-order valence-corrected chi connectivity index (χ4v) is 1.41. The van der Waals surface area contributed by atoms with Gasteiger partial charge in [0.05, 0.1) is 0 Å². The van der Waals surface area contributed by atoms with Gasteiger partial charge < -0.3 is 0 Å². The normalized spacial score (nSPS) is 8.80. The van der Waals surface area contributed by atoms with Crippen molar-refractivity contribution < 1.29 is 19.2 Å². The monoisotopic (exact) mass is 268 g/mol. The lowest BCUT2D eigenvalue weighted by Gasteiger charge is -1.89. The quantitative estimate of drug-likeness (QED) is 0.799. The van der Waals surface area contributed by atoms with Crippen LogP contribution in [0.4, 0.5) is 0 Å². The number of rotatable bonds is 4. The average Bonchev–Trinajstić information content (AvgIpc) is 2.55. The Balaban J connectivity index is 0.000000200. The zero-order chi connectivity index (χ0) is 14.8. The van der Waals surface area contributed by atoms with Gasteiger partial charge in [-0.25, -0.2) is 0 Å². The molecule has 2 rings (SSSR count). The molecule has 0 aromatic heterocycles. The zero-order valence-corrected chi connectivity index (χ0v) is 10.6. The van der Waals surface area contributed by atoms with Crippen LogP contribution in [0.5, 0.6) is 0 Å². The van der Waals surface area contributed by atoms with Crippen LogP contribution in [0.15, 0.2) is 48.5 Å². The highest BCUT2D eigenvalue weighted by molar-refractivity contribution is 5.82. The van der Waals surface area contributed by atoms with Gasteiger partial charge in [-0.15, -0.1) is 0 Å². The standard InChI is InChI=1S/2C8H6O2/c2*9-5-7-2-1-3-8(4-7)6-10/h2*1-6H. The maximum Gasteiger partial charge on any atom is 0.150 e. The van der Waals surface area contributed by atoms with E-state index in [9.17, 15) is 19.2 Å². The molecule has 20 heavy (non-hydrogen) atoms. The third kappa shape index (κ3) is 4.78. The molecule has 0 aliphatic carbocycles. The Morgan fingerprint density at radius 1 is 0.500 bits per heavy atom. The first-order valence-electron chi connectivity index (χ1n) is 5.74.